The van der Waals surface area contributed by atoms with Gasteiger partial charge in [-0.3, -0.25) is 10.00 Å². The van der Waals surface area contributed by atoms with Gasteiger partial charge in [0.05, 0.1) is 18.3 Å². The number of nitrogens with zero attached hydrogens (tertiary/aromatic N) is 3. The Bertz CT molecular complexity index is 781. The number of aromatic nitrogens is 3. The van der Waals surface area contributed by atoms with E-state index in [2.05, 4.69) is 43.7 Å². The molecule has 0 amide bonds. The molecule has 114 valence electrons. The Morgan fingerprint density at radius 3 is 3.27 bits per heavy atom. The predicted octanol–water partition coefficient (Wildman–Crippen LogP) is 2.90. The molecule has 4 rings (SSSR count). The van der Waals surface area contributed by atoms with Crippen LogP contribution in [-0.2, 0) is 11.3 Å². The molecule has 1 aromatic carbocycles. The summed E-state index contributed by atoms with van der Waals surface area (Å²) in [7, 11) is 0. The minimum atomic E-state index is 0.100. The molecule has 22 heavy (non-hydrogen) atoms. The number of thiazole rings is 1. The second kappa shape index (κ2) is 5.79. The van der Waals surface area contributed by atoms with Crippen molar-refractivity contribution in [3.05, 3.63) is 46.0 Å². The third kappa shape index (κ3) is 2.77. The highest BCUT2D eigenvalue weighted by Gasteiger charge is 2.24. The van der Waals surface area contributed by atoms with Crippen LogP contribution in [0, 0.1) is 6.92 Å². The topological polar surface area (TPSA) is 54.0 Å². The summed E-state index contributed by atoms with van der Waals surface area (Å²) in [6.45, 7) is 5.57. The van der Waals surface area contributed by atoms with Crippen LogP contribution in [0.5, 0.6) is 0 Å². The Labute approximate surface area is 132 Å². The van der Waals surface area contributed by atoms with Gasteiger partial charge in [0.25, 0.3) is 0 Å². The summed E-state index contributed by atoms with van der Waals surface area (Å²) in [5.41, 5.74) is 3.47. The van der Waals surface area contributed by atoms with Crippen molar-refractivity contribution in [2.75, 3.05) is 19.7 Å². The number of benzene rings is 1. The lowest BCUT2D eigenvalue weighted by atomic mass is 10.1. The molecule has 1 aliphatic rings. The Kier molecular flexibility index (Phi) is 3.65. The van der Waals surface area contributed by atoms with Gasteiger partial charge in [0.15, 0.2) is 0 Å². The van der Waals surface area contributed by atoms with Crippen LogP contribution in [0.2, 0.25) is 0 Å². The molecule has 1 aliphatic heterocycles. The van der Waals surface area contributed by atoms with Gasteiger partial charge in [0.1, 0.15) is 11.1 Å². The van der Waals surface area contributed by atoms with Gasteiger partial charge in [-0.2, -0.15) is 5.10 Å². The molecule has 1 N–H and O–H groups in total. The maximum absolute atomic E-state index is 5.89. The molecular formula is C16H18N4OS. The van der Waals surface area contributed by atoms with E-state index in [9.17, 15) is 0 Å². The van der Waals surface area contributed by atoms with Crippen LogP contribution < -0.4 is 0 Å². The Balaban J connectivity index is 1.47. The highest BCUT2D eigenvalue weighted by molar-refractivity contribution is 7.09. The van der Waals surface area contributed by atoms with Gasteiger partial charge in [-0.25, -0.2) is 4.98 Å². The summed E-state index contributed by atoms with van der Waals surface area (Å²) in [6, 6.07) is 6.48. The summed E-state index contributed by atoms with van der Waals surface area (Å²) >= 11 is 1.69. The summed E-state index contributed by atoms with van der Waals surface area (Å²) < 4.78 is 5.89. The molecule has 0 bridgehead atoms. The number of fused-ring (bicyclic) bond motifs is 1. The molecule has 0 radical (unpaired) electrons. The predicted molar refractivity (Wildman–Crippen MR) is 86.9 cm³/mol. The standard InChI is InChI=1S/C16H18N4OS/c1-11-10-22-16(18-11)15-9-20(4-5-21-15)8-12-2-3-13-7-17-19-14(13)6-12/h2-3,6-7,10,15H,4-5,8-9H2,1H3,(H,17,19). The minimum Gasteiger partial charge on any atom is -0.368 e. The van der Waals surface area contributed by atoms with Crippen molar-refractivity contribution in [3.63, 3.8) is 0 Å². The van der Waals surface area contributed by atoms with Crippen molar-refractivity contribution < 1.29 is 4.74 Å². The molecule has 2 aromatic heterocycles. The molecule has 1 fully saturated rings. The van der Waals surface area contributed by atoms with E-state index in [0.717, 1.165) is 47.8 Å². The fraction of sp³-hybridized carbons (Fsp3) is 0.375. The molecule has 1 unspecified atom stereocenters. The van der Waals surface area contributed by atoms with Crippen molar-refractivity contribution in [1.29, 1.82) is 0 Å². The molecular weight excluding hydrogens is 296 g/mol. The van der Waals surface area contributed by atoms with E-state index in [1.807, 2.05) is 13.1 Å². The van der Waals surface area contributed by atoms with Gasteiger partial charge >= 0.3 is 0 Å². The van der Waals surface area contributed by atoms with Crippen LogP contribution in [0.1, 0.15) is 22.4 Å². The zero-order chi connectivity index (χ0) is 14.9. The molecule has 1 atom stereocenters. The second-order valence-corrected chi connectivity index (χ2v) is 6.60. The number of H-pyrrole nitrogens is 1. The third-order valence-electron chi connectivity index (χ3n) is 3.98. The fourth-order valence-corrected chi connectivity index (χ4v) is 3.69. The number of ether oxygens (including phenoxy) is 1. The number of aromatic amines is 1. The lowest BCUT2D eigenvalue weighted by molar-refractivity contribution is -0.0330. The number of morpholine rings is 1. The van der Waals surface area contributed by atoms with E-state index in [0.29, 0.717) is 0 Å². The monoisotopic (exact) mass is 314 g/mol. The third-order valence-corrected chi connectivity index (χ3v) is 5.03. The summed E-state index contributed by atoms with van der Waals surface area (Å²) in [6.07, 6.45) is 1.96. The molecule has 3 aromatic rings. The normalized spacial score (nSPS) is 19.8. The maximum Gasteiger partial charge on any atom is 0.123 e. The Morgan fingerprint density at radius 1 is 1.45 bits per heavy atom. The average Bonchev–Trinajstić information content (AvgIpc) is 3.16. The van der Waals surface area contributed by atoms with E-state index in [4.69, 9.17) is 4.74 Å². The number of rotatable bonds is 3. The summed E-state index contributed by atoms with van der Waals surface area (Å²) in [5.74, 6) is 0. The number of nitrogens with one attached hydrogen (secondary N) is 1. The first-order valence-corrected chi connectivity index (χ1v) is 8.34. The summed E-state index contributed by atoms with van der Waals surface area (Å²) in [4.78, 5) is 7.00. The minimum absolute atomic E-state index is 0.100. The first-order valence-electron chi connectivity index (χ1n) is 7.46. The first kappa shape index (κ1) is 13.9. The average molecular weight is 314 g/mol. The Hall–Kier alpha value is -1.76. The van der Waals surface area contributed by atoms with E-state index in [1.54, 1.807) is 11.3 Å². The lowest BCUT2D eigenvalue weighted by Crippen LogP contribution is -2.37. The second-order valence-electron chi connectivity index (χ2n) is 5.71. The van der Waals surface area contributed by atoms with Gasteiger partial charge in [-0.1, -0.05) is 12.1 Å². The van der Waals surface area contributed by atoms with E-state index in [-0.39, 0.29) is 6.10 Å². The fourth-order valence-electron chi connectivity index (χ4n) is 2.86. The van der Waals surface area contributed by atoms with Crippen LogP contribution in [0.25, 0.3) is 10.9 Å². The van der Waals surface area contributed by atoms with Gasteiger partial charge in [-0.05, 0) is 18.6 Å². The number of hydrogen-bond acceptors (Lipinski definition) is 5. The van der Waals surface area contributed by atoms with Gasteiger partial charge in [0.2, 0.25) is 0 Å². The van der Waals surface area contributed by atoms with Crippen molar-refractivity contribution in [2.24, 2.45) is 0 Å². The van der Waals surface area contributed by atoms with Crippen molar-refractivity contribution in [2.45, 2.75) is 19.6 Å². The zero-order valence-electron chi connectivity index (χ0n) is 12.5. The maximum atomic E-state index is 5.89. The van der Waals surface area contributed by atoms with Crippen molar-refractivity contribution >= 4 is 22.2 Å². The highest BCUT2D eigenvalue weighted by atomic mass is 32.1. The molecule has 1 saturated heterocycles. The van der Waals surface area contributed by atoms with E-state index < -0.39 is 0 Å². The van der Waals surface area contributed by atoms with Gasteiger partial charge in [0, 0.05) is 36.1 Å². The van der Waals surface area contributed by atoms with E-state index in [1.165, 1.54) is 5.56 Å². The molecule has 0 spiro atoms. The van der Waals surface area contributed by atoms with Crippen LogP contribution in [0.4, 0.5) is 0 Å². The first-order chi connectivity index (χ1) is 10.8. The van der Waals surface area contributed by atoms with Crippen molar-refractivity contribution in [3.8, 4) is 0 Å². The lowest BCUT2D eigenvalue weighted by Gasteiger charge is -2.32. The van der Waals surface area contributed by atoms with Gasteiger partial charge in [-0.15, -0.1) is 11.3 Å². The highest BCUT2D eigenvalue weighted by Crippen LogP contribution is 2.26. The van der Waals surface area contributed by atoms with Crippen LogP contribution >= 0.6 is 11.3 Å². The number of aryl methyl sites for hydroxylation is 1. The Morgan fingerprint density at radius 2 is 2.41 bits per heavy atom. The van der Waals surface area contributed by atoms with Gasteiger partial charge < -0.3 is 4.74 Å². The van der Waals surface area contributed by atoms with Crippen LogP contribution in [-0.4, -0.2) is 39.8 Å². The molecule has 5 nitrogen and oxygen atoms in total. The SMILES string of the molecule is Cc1csc(C2CN(Cc3ccc4cn[nH]c4c3)CCO2)n1. The number of hydrogen-bond donors (Lipinski definition) is 1. The van der Waals surface area contributed by atoms with Crippen LogP contribution in [0.3, 0.4) is 0 Å². The molecule has 0 saturated carbocycles. The van der Waals surface area contributed by atoms with Crippen molar-refractivity contribution in [1.82, 2.24) is 20.1 Å². The zero-order valence-corrected chi connectivity index (χ0v) is 13.3. The summed E-state index contributed by atoms with van der Waals surface area (Å²) in [5, 5.41) is 11.4. The quantitative estimate of drug-likeness (QED) is 0.807. The van der Waals surface area contributed by atoms with Crippen LogP contribution in [0.15, 0.2) is 29.8 Å². The largest absolute Gasteiger partial charge is 0.368 e. The van der Waals surface area contributed by atoms with E-state index >= 15 is 0 Å². The smallest absolute Gasteiger partial charge is 0.123 e. The molecule has 3 heterocycles. The molecule has 0 aliphatic carbocycles. The molecule has 6 heteroatoms.